The molecule has 1 unspecified atom stereocenters. The Morgan fingerprint density at radius 3 is 2.81 bits per heavy atom. The van der Waals surface area contributed by atoms with Crippen LogP contribution in [0.15, 0.2) is 23.1 Å². The van der Waals surface area contributed by atoms with Crippen molar-refractivity contribution in [2.24, 2.45) is 5.73 Å². The highest BCUT2D eigenvalue weighted by Gasteiger charge is 2.27. The van der Waals surface area contributed by atoms with E-state index in [1.807, 2.05) is 0 Å². The average Bonchev–Trinajstić information content (AvgIpc) is 2.91. The minimum Gasteiger partial charge on any atom is -0.389 e. The molecule has 1 fully saturated rings. The van der Waals surface area contributed by atoms with Crippen LogP contribution in [0.1, 0.15) is 24.0 Å². The Morgan fingerprint density at radius 2 is 2.24 bits per heavy atom. The molecule has 1 aliphatic heterocycles. The molecule has 1 aliphatic rings. The predicted molar refractivity (Wildman–Crippen MR) is 85.9 cm³/mol. The van der Waals surface area contributed by atoms with Gasteiger partial charge in [0.25, 0.3) is 0 Å². The number of likely N-dealkylation sites (N-methyl/N-ethyl adjacent to an activating group) is 1. The predicted octanol–water partition coefficient (Wildman–Crippen LogP) is 1.43. The van der Waals surface area contributed by atoms with Crippen molar-refractivity contribution in [2.45, 2.75) is 30.8 Å². The van der Waals surface area contributed by atoms with Crippen molar-refractivity contribution in [1.82, 2.24) is 4.31 Å². The summed E-state index contributed by atoms with van der Waals surface area (Å²) in [6, 6.07) is 5.00. The molecule has 0 aliphatic carbocycles. The van der Waals surface area contributed by atoms with Crippen LogP contribution in [0.5, 0.6) is 0 Å². The zero-order valence-electron chi connectivity index (χ0n) is 12.2. The van der Waals surface area contributed by atoms with E-state index in [2.05, 4.69) is 0 Å². The molecule has 0 aromatic heterocycles. The molecule has 7 heteroatoms. The van der Waals surface area contributed by atoms with Gasteiger partial charge < -0.3 is 10.5 Å². The lowest BCUT2D eigenvalue weighted by Crippen LogP contribution is -2.34. The maximum atomic E-state index is 12.7. The Bertz CT molecular complexity index is 638. The molecule has 2 N–H and O–H groups in total. The Labute approximate surface area is 131 Å². The lowest BCUT2D eigenvalue weighted by Gasteiger charge is -2.21. The molecule has 0 saturated carbocycles. The number of thiocarbonyl (C=S) groups is 1. The molecular weight excluding hydrogens is 308 g/mol. The Hall–Kier alpha value is -1.02. The molecule has 5 nitrogen and oxygen atoms in total. The van der Waals surface area contributed by atoms with Gasteiger partial charge >= 0.3 is 0 Å². The molecule has 0 radical (unpaired) electrons. The summed E-state index contributed by atoms with van der Waals surface area (Å²) in [5.41, 5.74) is 6.82. The second kappa shape index (κ2) is 6.39. The molecule has 1 saturated heterocycles. The van der Waals surface area contributed by atoms with Crippen molar-refractivity contribution in [1.29, 1.82) is 0 Å². The van der Waals surface area contributed by atoms with Crippen molar-refractivity contribution in [3.63, 3.8) is 0 Å². The minimum absolute atomic E-state index is 0.0242. The average molecular weight is 328 g/mol. The monoisotopic (exact) mass is 328 g/mol. The van der Waals surface area contributed by atoms with Gasteiger partial charge in [-0.25, -0.2) is 8.42 Å². The van der Waals surface area contributed by atoms with Gasteiger partial charge in [-0.1, -0.05) is 24.4 Å². The summed E-state index contributed by atoms with van der Waals surface area (Å²) in [5.74, 6) is 0. The van der Waals surface area contributed by atoms with Gasteiger partial charge in [0.15, 0.2) is 0 Å². The van der Waals surface area contributed by atoms with Gasteiger partial charge in [0, 0.05) is 25.8 Å². The summed E-state index contributed by atoms with van der Waals surface area (Å²) in [6.07, 6.45) is 1.85. The number of sulfonamides is 1. The van der Waals surface area contributed by atoms with Crippen LogP contribution in [0, 0.1) is 6.92 Å². The zero-order chi connectivity index (χ0) is 15.6. The quantitative estimate of drug-likeness (QED) is 0.828. The van der Waals surface area contributed by atoms with Crippen LogP contribution in [0.4, 0.5) is 0 Å². The van der Waals surface area contributed by atoms with E-state index in [4.69, 9.17) is 22.7 Å². The number of nitrogens with two attached hydrogens (primary N) is 1. The fraction of sp³-hybridized carbons (Fsp3) is 0.500. The van der Waals surface area contributed by atoms with E-state index >= 15 is 0 Å². The van der Waals surface area contributed by atoms with Gasteiger partial charge in [-0.3, -0.25) is 0 Å². The second-order valence-electron chi connectivity index (χ2n) is 5.27. The van der Waals surface area contributed by atoms with Crippen molar-refractivity contribution >= 4 is 27.2 Å². The number of aryl methyl sites for hydroxylation is 1. The fourth-order valence-electron chi connectivity index (χ4n) is 2.37. The molecular formula is C14H20N2O3S2. The number of benzene rings is 1. The lowest BCUT2D eigenvalue weighted by atomic mass is 10.1. The van der Waals surface area contributed by atoms with Gasteiger partial charge in [0.1, 0.15) is 4.99 Å². The molecule has 2 rings (SSSR count). The highest BCUT2D eigenvalue weighted by molar-refractivity contribution is 7.89. The third-order valence-corrected chi connectivity index (χ3v) is 5.85. The molecule has 1 aromatic rings. The molecule has 0 amide bonds. The summed E-state index contributed by atoms with van der Waals surface area (Å²) >= 11 is 4.92. The third-order valence-electron chi connectivity index (χ3n) is 3.65. The number of ether oxygens (including phenoxy) is 1. The number of hydrogen-bond acceptors (Lipinski definition) is 4. The first-order valence-electron chi connectivity index (χ1n) is 6.81. The molecule has 21 heavy (non-hydrogen) atoms. The van der Waals surface area contributed by atoms with Gasteiger partial charge in [-0.15, -0.1) is 0 Å². The molecule has 0 spiro atoms. The van der Waals surface area contributed by atoms with Crippen molar-refractivity contribution in [2.75, 3.05) is 20.2 Å². The smallest absolute Gasteiger partial charge is 0.243 e. The van der Waals surface area contributed by atoms with E-state index in [9.17, 15) is 8.42 Å². The first kappa shape index (κ1) is 16.4. The van der Waals surface area contributed by atoms with E-state index in [1.54, 1.807) is 32.2 Å². The highest BCUT2D eigenvalue weighted by atomic mass is 32.2. The normalized spacial score (nSPS) is 19.1. The van der Waals surface area contributed by atoms with E-state index in [1.165, 1.54) is 4.31 Å². The lowest BCUT2D eigenvalue weighted by molar-refractivity contribution is 0.0979. The van der Waals surface area contributed by atoms with E-state index in [0.717, 1.165) is 12.8 Å². The molecule has 1 atom stereocenters. The highest BCUT2D eigenvalue weighted by Crippen LogP contribution is 2.22. The standard InChI is InChI=1S/C14H20N2O3S2/c1-10-5-6-11(14(15)20)8-13(10)21(17,18)16(2)9-12-4-3-7-19-12/h5-6,8,12H,3-4,7,9H2,1-2H3,(H2,15,20). The fourth-order valence-corrected chi connectivity index (χ4v) is 3.95. The number of hydrogen-bond donors (Lipinski definition) is 1. The first-order valence-corrected chi connectivity index (χ1v) is 8.65. The van der Waals surface area contributed by atoms with Crippen molar-refractivity contribution in [3.8, 4) is 0 Å². The van der Waals surface area contributed by atoms with Crippen LogP contribution in [-0.2, 0) is 14.8 Å². The Balaban J connectivity index is 2.29. The summed E-state index contributed by atoms with van der Waals surface area (Å²) in [7, 11) is -2.00. The van der Waals surface area contributed by atoms with E-state index < -0.39 is 10.0 Å². The minimum atomic E-state index is -3.58. The van der Waals surface area contributed by atoms with E-state index in [0.29, 0.717) is 24.3 Å². The van der Waals surface area contributed by atoms with Gasteiger partial charge in [0.2, 0.25) is 10.0 Å². The van der Waals surface area contributed by atoms with Gasteiger partial charge in [-0.05, 0) is 31.4 Å². The van der Waals surface area contributed by atoms with Crippen LogP contribution >= 0.6 is 12.2 Å². The SMILES string of the molecule is Cc1ccc(C(N)=S)cc1S(=O)(=O)N(C)CC1CCCO1. The van der Waals surface area contributed by atoms with Crippen molar-refractivity contribution in [3.05, 3.63) is 29.3 Å². The first-order chi connectivity index (χ1) is 9.82. The number of rotatable bonds is 5. The molecule has 116 valence electrons. The molecule has 1 aromatic carbocycles. The maximum absolute atomic E-state index is 12.7. The Morgan fingerprint density at radius 1 is 1.52 bits per heavy atom. The van der Waals surface area contributed by atoms with Gasteiger partial charge in [-0.2, -0.15) is 4.31 Å². The zero-order valence-corrected chi connectivity index (χ0v) is 13.8. The topological polar surface area (TPSA) is 72.6 Å². The van der Waals surface area contributed by atoms with Gasteiger partial charge in [0.05, 0.1) is 11.0 Å². The molecule has 0 bridgehead atoms. The summed E-state index contributed by atoms with van der Waals surface area (Å²) in [5, 5.41) is 0. The second-order valence-corrected chi connectivity index (χ2v) is 7.72. The van der Waals surface area contributed by atoms with Crippen LogP contribution in [0.2, 0.25) is 0 Å². The van der Waals surface area contributed by atoms with Crippen LogP contribution in [-0.4, -0.2) is 44.0 Å². The summed E-state index contributed by atoms with van der Waals surface area (Å²) in [6.45, 7) is 2.82. The van der Waals surface area contributed by atoms with Crippen LogP contribution in [0.25, 0.3) is 0 Å². The maximum Gasteiger partial charge on any atom is 0.243 e. The molecule has 1 heterocycles. The largest absolute Gasteiger partial charge is 0.389 e. The van der Waals surface area contributed by atoms with Crippen LogP contribution < -0.4 is 5.73 Å². The Kier molecular flexibility index (Phi) is 4.98. The van der Waals surface area contributed by atoms with E-state index in [-0.39, 0.29) is 16.0 Å². The third kappa shape index (κ3) is 3.60. The van der Waals surface area contributed by atoms with Crippen LogP contribution in [0.3, 0.4) is 0 Å². The van der Waals surface area contributed by atoms with Crippen molar-refractivity contribution < 1.29 is 13.2 Å². The summed E-state index contributed by atoms with van der Waals surface area (Å²) in [4.78, 5) is 0.432. The number of nitrogens with zero attached hydrogens (tertiary/aromatic N) is 1. The summed E-state index contributed by atoms with van der Waals surface area (Å²) < 4.78 is 32.2.